The minimum Gasteiger partial charge on any atom is -0.872 e. The molecule has 5 N–H and O–H groups in total. The number of phenolic OH excluding ortho intramolecular Hbond substituents is 1. The molecule has 0 heterocycles. The van der Waals surface area contributed by atoms with Crippen molar-refractivity contribution in [2.45, 2.75) is 45.0 Å². The number of benzene rings is 1. The summed E-state index contributed by atoms with van der Waals surface area (Å²) in [6.45, 7) is 3.60. The van der Waals surface area contributed by atoms with Gasteiger partial charge in [-0.05, 0) is 18.6 Å². The molecule has 0 saturated carbocycles. The molecule has 0 aliphatic rings. The third-order valence-corrected chi connectivity index (χ3v) is 3.46. The van der Waals surface area contributed by atoms with Gasteiger partial charge < -0.3 is 26.6 Å². The van der Waals surface area contributed by atoms with Crippen molar-refractivity contribution >= 4 is 25.3 Å². The number of nitrogens with two attached hydrogens (primary N) is 1. The summed E-state index contributed by atoms with van der Waals surface area (Å²) in [6.07, 6.45) is 1.47. The summed E-state index contributed by atoms with van der Waals surface area (Å²) < 4.78 is 0. The Hall–Kier alpha value is -2.38. The van der Waals surface area contributed by atoms with Crippen LogP contribution in [0.3, 0.4) is 0 Å². The number of nitrogen functional groups attached to an aromatic ring is 1. The van der Waals surface area contributed by atoms with Crippen molar-refractivity contribution in [1.29, 1.82) is 0 Å². The van der Waals surface area contributed by atoms with Crippen molar-refractivity contribution < 1.29 is 19.8 Å². The zero-order chi connectivity index (χ0) is 18.3. The van der Waals surface area contributed by atoms with E-state index < -0.39 is 11.8 Å². The molecule has 2 amide bonds. The average molecular weight is 332 g/mol. The Bertz CT molecular complexity index is 593. The fraction of sp³-hybridized carbons (Fsp3) is 0.500. The van der Waals surface area contributed by atoms with E-state index in [1.165, 1.54) is 13.0 Å². The van der Waals surface area contributed by atoms with Crippen LogP contribution in [0.4, 0.5) is 5.69 Å². The van der Waals surface area contributed by atoms with Gasteiger partial charge in [0.25, 0.3) is 0 Å². The number of hydrogen-bond acceptors (Lipinski definition) is 5. The van der Waals surface area contributed by atoms with E-state index in [1.807, 2.05) is 6.92 Å². The molecular weight excluding hydrogens is 309 g/mol. The first kappa shape index (κ1) is 19.7. The number of rotatable bonds is 8. The summed E-state index contributed by atoms with van der Waals surface area (Å²) in [4.78, 5) is 23.6. The molecular formula is C16H23BN3O4-. The van der Waals surface area contributed by atoms with Gasteiger partial charge in [0.1, 0.15) is 11.8 Å². The largest absolute Gasteiger partial charge is 0.872 e. The van der Waals surface area contributed by atoms with Gasteiger partial charge in [-0.15, -0.1) is 5.75 Å². The van der Waals surface area contributed by atoms with E-state index >= 15 is 0 Å². The molecule has 1 aromatic carbocycles. The molecule has 0 bridgehead atoms. The monoisotopic (exact) mass is 332 g/mol. The first-order valence-corrected chi connectivity index (χ1v) is 7.79. The maximum absolute atomic E-state index is 12.3. The summed E-state index contributed by atoms with van der Waals surface area (Å²) in [6, 6.07) is 1.42. The molecule has 0 aromatic heterocycles. The third kappa shape index (κ3) is 6.40. The number of phenols is 1. The molecule has 1 rings (SSSR count). The van der Waals surface area contributed by atoms with E-state index in [0.717, 1.165) is 18.9 Å². The fourth-order valence-electron chi connectivity index (χ4n) is 2.23. The summed E-state index contributed by atoms with van der Waals surface area (Å²) in [5, 5.41) is 26.6. The van der Waals surface area contributed by atoms with E-state index in [-0.39, 0.29) is 41.1 Å². The van der Waals surface area contributed by atoms with Crippen molar-refractivity contribution in [1.82, 2.24) is 10.6 Å². The van der Waals surface area contributed by atoms with E-state index in [2.05, 4.69) is 10.6 Å². The topological polar surface area (TPSA) is 128 Å². The molecule has 0 fully saturated rings. The number of anilines is 1. The van der Waals surface area contributed by atoms with Gasteiger partial charge in [-0.2, -0.15) is 0 Å². The Balaban J connectivity index is 2.76. The molecule has 0 aliphatic heterocycles. The number of carbonyl (C=O) groups excluding carboxylic acids is 2. The third-order valence-electron chi connectivity index (χ3n) is 3.46. The number of hydrogen-bond donors (Lipinski definition) is 4. The van der Waals surface area contributed by atoms with Crippen LogP contribution in [0.15, 0.2) is 12.1 Å². The number of aromatic hydroxyl groups is 1. The first-order valence-electron chi connectivity index (χ1n) is 7.79. The minimum atomic E-state index is -0.894. The van der Waals surface area contributed by atoms with Gasteiger partial charge in [0.05, 0.1) is 13.5 Å². The molecule has 0 saturated heterocycles. The van der Waals surface area contributed by atoms with Crippen LogP contribution in [0.5, 0.6) is 11.5 Å². The van der Waals surface area contributed by atoms with E-state index in [9.17, 15) is 19.8 Å². The van der Waals surface area contributed by atoms with E-state index in [0.29, 0.717) is 6.54 Å². The molecule has 0 aliphatic carbocycles. The molecule has 130 valence electrons. The van der Waals surface area contributed by atoms with Crippen LogP contribution in [-0.2, 0) is 16.0 Å². The lowest BCUT2D eigenvalue weighted by Gasteiger charge is -2.22. The van der Waals surface area contributed by atoms with Crippen LogP contribution in [0, 0.1) is 0 Å². The maximum atomic E-state index is 12.3. The van der Waals surface area contributed by atoms with E-state index in [4.69, 9.17) is 13.6 Å². The van der Waals surface area contributed by atoms with Crippen LogP contribution < -0.4 is 21.5 Å². The predicted octanol–water partition coefficient (Wildman–Crippen LogP) is -0.0315. The number of nitrogens with one attached hydrogen (secondary N) is 2. The number of carbonyl (C=O) groups is 2. The molecule has 1 aromatic rings. The SMILES string of the molecule is [B]C(C)CCCNC(=O)[C@H](Cc1cc(N)c(O)cc1[O-])NC(C)=O. The van der Waals surface area contributed by atoms with Crippen LogP contribution in [0.2, 0.25) is 5.82 Å². The Morgan fingerprint density at radius 3 is 2.67 bits per heavy atom. The summed E-state index contributed by atoms with van der Waals surface area (Å²) in [5.41, 5.74) is 5.87. The van der Waals surface area contributed by atoms with Crippen LogP contribution >= 0.6 is 0 Å². The molecule has 7 nitrogen and oxygen atoms in total. The Morgan fingerprint density at radius 2 is 2.08 bits per heavy atom. The lowest BCUT2D eigenvalue weighted by molar-refractivity contribution is -0.269. The lowest BCUT2D eigenvalue weighted by atomic mass is 9.85. The van der Waals surface area contributed by atoms with Crippen molar-refractivity contribution in [2.75, 3.05) is 12.3 Å². The smallest absolute Gasteiger partial charge is 0.242 e. The van der Waals surface area contributed by atoms with Gasteiger partial charge in [0.2, 0.25) is 11.8 Å². The van der Waals surface area contributed by atoms with Gasteiger partial charge in [-0.1, -0.05) is 24.7 Å². The zero-order valence-corrected chi connectivity index (χ0v) is 14.0. The molecule has 8 heteroatoms. The Labute approximate surface area is 143 Å². The zero-order valence-electron chi connectivity index (χ0n) is 14.0. The molecule has 0 spiro atoms. The number of amides is 2. The lowest BCUT2D eigenvalue weighted by Crippen LogP contribution is -2.47. The van der Waals surface area contributed by atoms with Crippen molar-refractivity contribution in [3.63, 3.8) is 0 Å². The Kier molecular flexibility index (Phi) is 7.42. The van der Waals surface area contributed by atoms with Crippen LogP contribution in [0.1, 0.15) is 32.3 Å². The quantitative estimate of drug-likeness (QED) is 0.230. The highest BCUT2D eigenvalue weighted by molar-refractivity contribution is 6.11. The van der Waals surface area contributed by atoms with Crippen molar-refractivity contribution in [2.24, 2.45) is 0 Å². The molecule has 24 heavy (non-hydrogen) atoms. The minimum absolute atomic E-state index is 0.0119. The van der Waals surface area contributed by atoms with Gasteiger partial charge in [0, 0.05) is 19.9 Å². The van der Waals surface area contributed by atoms with Gasteiger partial charge >= 0.3 is 0 Å². The average Bonchev–Trinajstić information content (AvgIpc) is 2.47. The highest BCUT2D eigenvalue weighted by Crippen LogP contribution is 2.28. The standard InChI is InChI=1S/C16H24BN3O4/c1-9(17)4-3-5-19-16(24)13(20-10(2)21)7-11-6-12(18)15(23)8-14(11)22/h6,8-9,13,22-23H,3-5,7,18H2,1-2H3,(H,19,24)(H,20,21)/p-1/t9?,13-/m0/s1. The van der Waals surface area contributed by atoms with Crippen LogP contribution in [-0.4, -0.2) is 37.4 Å². The second-order valence-corrected chi connectivity index (χ2v) is 5.89. The molecule has 1 unspecified atom stereocenters. The highest BCUT2D eigenvalue weighted by atomic mass is 16.3. The summed E-state index contributed by atoms with van der Waals surface area (Å²) >= 11 is 0. The fourth-order valence-corrected chi connectivity index (χ4v) is 2.23. The second-order valence-electron chi connectivity index (χ2n) is 5.89. The molecule has 2 atom stereocenters. The van der Waals surface area contributed by atoms with Crippen molar-refractivity contribution in [3.8, 4) is 11.5 Å². The second kappa shape index (κ2) is 9.05. The maximum Gasteiger partial charge on any atom is 0.242 e. The first-order chi connectivity index (χ1) is 11.2. The summed E-state index contributed by atoms with van der Waals surface area (Å²) in [7, 11) is 5.64. The van der Waals surface area contributed by atoms with Crippen LogP contribution in [0.25, 0.3) is 0 Å². The normalized spacial score (nSPS) is 13.1. The van der Waals surface area contributed by atoms with Gasteiger partial charge in [-0.3, -0.25) is 9.59 Å². The Morgan fingerprint density at radius 1 is 1.42 bits per heavy atom. The summed E-state index contributed by atoms with van der Waals surface area (Å²) in [5.74, 6) is -1.47. The van der Waals surface area contributed by atoms with E-state index in [1.54, 1.807) is 0 Å². The van der Waals surface area contributed by atoms with Gasteiger partial charge in [0.15, 0.2) is 0 Å². The highest BCUT2D eigenvalue weighted by Gasteiger charge is 2.20. The van der Waals surface area contributed by atoms with Gasteiger partial charge in [-0.25, -0.2) is 0 Å². The predicted molar refractivity (Wildman–Crippen MR) is 90.7 cm³/mol. The molecule has 2 radical (unpaired) electrons. The van der Waals surface area contributed by atoms with Crippen molar-refractivity contribution in [3.05, 3.63) is 17.7 Å².